The highest BCUT2D eigenvalue weighted by Gasteiger charge is 2.23. The summed E-state index contributed by atoms with van der Waals surface area (Å²) >= 11 is 1.88. The average molecular weight is 643 g/mol. The van der Waals surface area contributed by atoms with Crippen LogP contribution in [0, 0.1) is 0 Å². The van der Waals surface area contributed by atoms with E-state index in [4.69, 9.17) is 0 Å². The highest BCUT2D eigenvalue weighted by atomic mass is 32.1. The predicted octanol–water partition coefficient (Wildman–Crippen LogP) is 13.4. The lowest BCUT2D eigenvalue weighted by molar-refractivity contribution is 1.20. The molecule has 2 nitrogen and oxygen atoms in total. The van der Waals surface area contributed by atoms with Gasteiger partial charge in [-0.1, -0.05) is 127 Å². The topological polar surface area (TPSA) is 8.17 Å². The van der Waals surface area contributed by atoms with Crippen molar-refractivity contribution in [1.29, 1.82) is 0 Å². The molecule has 3 heteroatoms. The van der Waals surface area contributed by atoms with Crippen LogP contribution >= 0.6 is 11.3 Å². The second-order valence-electron chi connectivity index (χ2n) is 12.5. The molecule has 8 aromatic carbocycles. The van der Waals surface area contributed by atoms with Crippen LogP contribution in [0.3, 0.4) is 0 Å². The van der Waals surface area contributed by atoms with Crippen molar-refractivity contribution in [2.45, 2.75) is 0 Å². The number of aromatic nitrogens is 1. The second-order valence-corrected chi connectivity index (χ2v) is 13.6. The minimum Gasteiger partial charge on any atom is -0.310 e. The smallest absolute Gasteiger partial charge is 0.0641 e. The van der Waals surface area contributed by atoms with Crippen LogP contribution in [0.5, 0.6) is 0 Å². The zero-order valence-electron chi connectivity index (χ0n) is 26.6. The van der Waals surface area contributed by atoms with Gasteiger partial charge in [0.15, 0.2) is 0 Å². The van der Waals surface area contributed by atoms with Crippen LogP contribution in [0.25, 0.3) is 69.6 Å². The summed E-state index contributed by atoms with van der Waals surface area (Å²) in [6.45, 7) is 0. The van der Waals surface area contributed by atoms with Crippen LogP contribution in [0.4, 0.5) is 17.1 Å². The van der Waals surface area contributed by atoms with Crippen molar-refractivity contribution < 1.29 is 0 Å². The SMILES string of the molecule is c1ccc(-c2cc3ccccc3c3c2c2ccc(N(c4ccccc4)c4ccccc4)cc2n3-c2cccc3c2sc2ccccc23)cc1. The molecular weight excluding hydrogens is 613 g/mol. The molecular formula is C46H30N2S. The first kappa shape index (κ1) is 27.9. The van der Waals surface area contributed by atoms with E-state index in [-0.39, 0.29) is 0 Å². The van der Waals surface area contributed by atoms with Gasteiger partial charge in [-0.25, -0.2) is 0 Å². The van der Waals surface area contributed by atoms with Crippen molar-refractivity contribution >= 4 is 81.1 Å². The van der Waals surface area contributed by atoms with Gasteiger partial charge in [0.05, 0.1) is 21.4 Å². The third-order valence-corrected chi connectivity index (χ3v) is 10.9. The van der Waals surface area contributed by atoms with Gasteiger partial charge in [0.2, 0.25) is 0 Å². The van der Waals surface area contributed by atoms with E-state index in [1.54, 1.807) is 0 Å². The van der Waals surface area contributed by atoms with Crippen molar-refractivity contribution in [3.05, 3.63) is 182 Å². The molecule has 2 heterocycles. The van der Waals surface area contributed by atoms with E-state index in [9.17, 15) is 0 Å². The Hall–Kier alpha value is -6.16. The second kappa shape index (κ2) is 11.2. The first-order valence-corrected chi connectivity index (χ1v) is 17.5. The largest absolute Gasteiger partial charge is 0.310 e. The maximum absolute atomic E-state index is 2.55. The highest BCUT2D eigenvalue weighted by Crippen LogP contribution is 2.47. The lowest BCUT2D eigenvalue weighted by atomic mass is 9.95. The molecule has 0 atom stereocenters. The molecule has 10 rings (SSSR count). The predicted molar refractivity (Wildman–Crippen MR) is 211 cm³/mol. The number of fused-ring (bicyclic) bond motifs is 8. The van der Waals surface area contributed by atoms with Crippen molar-refractivity contribution in [3.63, 3.8) is 0 Å². The van der Waals surface area contributed by atoms with Crippen molar-refractivity contribution in [2.24, 2.45) is 0 Å². The number of para-hydroxylation sites is 2. The molecule has 0 saturated heterocycles. The summed E-state index contributed by atoms with van der Waals surface area (Å²) in [4.78, 5) is 2.36. The zero-order chi connectivity index (χ0) is 32.3. The molecule has 0 aliphatic carbocycles. The van der Waals surface area contributed by atoms with Gasteiger partial charge in [-0.05, 0) is 71.1 Å². The summed E-state index contributed by atoms with van der Waals surface area (Å²) in [6, 6.07) is 66.1. The minimum atomic E-state index is 1.11. The van der Waals surface area contributed by atoms with Gasteiger partial charge in [-0.3, -0.25) is 0 Å². The third kappa shape index (κ3) is 4.40. The average Bonchev–Trinajstić information content (AvgIpc) is 3.72. The van der Waals surface area contributed by atoms with Gasteiger partial charge in [0.1, 0.15) is 0 Å². The lowest BCUT2D eigenvalue weighted by Crippen LogP contribution is -2.09. The quantitative estimate of drug-likeness (QED) is 0.181. The number of hydrogen-bond acceptors (Lipinski definition) is 2. The summed E-state index contributed by atoms with van der Waals surface area (Å²) in [5.41, 5.74) is 9.45. The Morgan fingerprint density at radius 2 is 1.08 bits per heavy atom. The lowest BCUT2D eigenvalue weighted by Gasteiger charge is -2.25. The molecule has 0 bridgehead atoms. The summed E-state index contributed by atoms with van der Waals surface area (Å²) in [6.07, 6.45) is 0. The monoisotopic (exact) mass is 642 g/mol. The highest BCUT2D eigenvalue weighted by molar-refractivity contribution is 7.26. The molecule has 10 aromatic rings. The summed E-state index contributed by atoms with van der Waals surface area (Å²) in [5.74, 6) is 0. The molecule has 0 N–H and O–H groups in total. The van der Waals surface area contributed by atoms with Gasteiger partial charge < -0.3 is 9.47 Å². The van der Waals surface area contributed by atoms with E-state index in [0.717, 1.165) is 17.1 Å². The molecule has 0 spiro atoms. The molecule has 0 fully saturated rings. The number of rotatable bonds is 5. The van der Waals surface area contributed by atoms with E-state index >= 15 is 0 Å². The van der Waals surface area contributed by atoms with E-state index in [1.807, 2.05) is 11.3 Å². The Morgan fingerprint density at radius 1 is 0.449 bits per heavy atom. The van der Waals surface area contributed by atoms with E-state index in [2.05, 4.69) is 191 Å². The third-order valence-electron chi connectivity index (χ3n) is 9.73. The number of hydrogen-bond donors (Lipinski definition) is 0. The van der Waals surface area contributed by atoms with Crippen LogP contribution in [0.15, 0.2) is 182 Å². The van der Waals surface area contributed by atoms with Crippen molar-refractivity contribution in [3.8, 4) is 16.8 Å². The Morgan fingerprint density at radius 3 is 1.84 bits per heavy atom. The molecule has 0 radical (unpaired) electrons. The molecule has 49 heavy (non-hydrogen) atoms. The fourth-order valence-electron chi connectivity index (χ4n) is 7.61. The van der Waals surface area contributed by atoms with Gasteiger partial charge in [-0.2, -0.15) is 0 Å². The standard InChI is InChI=1S/C46H30N2S/c1-4-15-31(16-5-1)40-29-32-17-10-11-22-36(32)45-44(40)39-28-27-35(47(33-18-6-2-7-19-33)34-20-8-3-9-21-34)30-42(39)48(45)41-25-14-24-38-37-23-12-13-26-43(37)49-46(38)41/h1-30H. The number of benzene rings is 8. The van der Waals surface area contributed by atoms with Crippen LogP contribution in [0.1, 0.15) is 0 Å². The fourth-order valence-corrected chi connectivity index (χ4v) is 8.82. The Bertz CT molecular complexity index is 2770. The molecule has 2 aromatic heterocycles. The molecule has 0 aliphatic rings. The fraction of sp³-hybridized carbons (Fsp3) is 0. The van der Waals surface area contributed by atoms with Crippen molar-refractivity contribution in [1.82, 2.24) is 4.57 Å². The van der Waals surface area contributed by atoms with Gasteiger partial charge >= 0.3 is 0 Å². The maximum atomic E-state index is 2.55. The van der Waals surface area contributed by atoms with Crippen LogP contribution in [0.2, 0.25) is 0 Å². The first-order chi connectivity index (χ1) is 24.3. The van der Waals surface area contributed by atoms with Crippen LogP contribution in [-0.2, 0) is 0 Å². The van der Waals surface area contributed by atoms with E-state index in [0.29, 0.717) is 0 Å². The molecule has 230 valence electrons. The number of anilines is 3. The molecule has 0 saturated carbocycles. The number of thiophene rings is 1. The number of nitrogens with zero attached hydrogens (tertiary/aromatic N) is 2. The zero-order valence-corrected chi connectivity index (χ0v) is 27.4. The Kier molecular flexibility index (Phi) is 6.39. The van der Waals surface area contributed by atoms with Crippen molar-refractivity contribution in [2.75, 3.05) is 4.90 Å². The molecule has 0 aliphatic heterocycles. The normalized spacial score (nSPS) is 11.7. The Labute approximate surface area is 288 Å². The van der Waals surface area contributed by atoms with Gasteiger partial charge in [0, 0.05) is 48.7 Å². The van der Waals surface area contributed by atoms with Crippen LogP contribution in [-0.4, -0.2) is 4.57 Å². The van der Waals surface area contributed by atoms with Gasteiger partial charge in [-0.15, -0.1) is 11.3 Å². The van der Waals surface area contributed by atoms with Crippen LogP contribution < -0.4 is 4.90 Å². The van der Waals surface area contributed by atoms with E-state index in [1.165, 1.54) is 69.6 Å². The minimum absolute atomic E-state index is 1.11. The van der Waals surface area contributed by atoms with Gasteiger partial charge in [0.25, 0.3) is 0 Å². The van der Waals surface area contributed by atoms with E-state index < -0.39 is 0 Å². The maximum Gasteiger partial charge on any atom is 0.0641 e. The molecule has 0 amide bonds. The summed E-state index contributed by atoms with van der Waals surface area (Å²) in [5, 5.41) is 7.59. The summed E-state index contributed by atoms with van der Waals surface area (Å²) < 4.78 is 5.15. The Balaban J connectivity index is 1.39. The molecule has 0 unspecified atom stereocenters. The summed E-state index contributed by atoms with van der Waals surface area (Å²) in [7, 11) is 0. The first-order valence-electron chi connectivity index (χ1n) is 16.7.